The first-order valence-corrected chi connectivity index (χ1v) is 7.01. The molecule has 2 rings (SSSR count). The molecule has 5 nitrogen and oxygen atoms in total. The number of carboxylic acid groups (broad SMARTS) is 1. The van der Waals surface area contributed by atoms with E-state index in [4.69, 9.17) is 4.74 Å². The van der Waals surface area contributed by atoms with Gasteiger partial charge in [0.1, 0.15) is 4.88 Å². The van der Waals surface area contributed by atoms with Gasteiger partial charge in [0.25, 0.3) is 0 Å². The van der Waals surface area contributed by atoms with E-state index in [1.807, 2.05) is 13.8 Å². The van der Waals surface area contributed by atoms with E-state index in [1.54, 1.807) is 0 Å². The zero-order chi connectivity index (χ0) is 13.1. The first-order chi connectivity index (χ1) is 8.63. The van der Waals surface area contributed by atoms with Crippen molar-refractivity contribution in [1.82, 2.24) is 4.98 Å². The molecule has 1 unspecified atom stereocenters. The fourth-order valence-corrected chi connectivity index (χ4v) is 2.97. The molecule has 1 atom stereocenters. The second-order valence-electron chi connectivity index (χ2n) is 4.42. The Morgan fingerprint density at radius 2 is 2.22 bits per heavy atom. The Morgan fingerprint density at radius 1 is 1.56 bits per heavy atom. The minimum atomic E-state index is -0.873. The number of rotatable bonds is 4. The summed E-state index contributed by atoms with van der Waals surface area (Å²) in [5.41, 5.74) is 0.719. The van der Waals surface area contributed by atoms with E-state index in [2.05, 4.69) is 9.88 Å². The first kappa shape index (κ1) is 13.3. The van der Waals surface area contributed by atoms with Gasteiger partial charge in [0.15, 0.2) is 5.13 Å². The van der Waals surface area contributed by atoms with Crippen LogP contribution in [0.1, 0.15) is 41.6 Å². The third-order valence-electron chi connectivity index (χ3n) is 3.20. The van der Waals surface area contributed by atoms with Gasteiger partial charge in [-0.1, -0.05) is 25.2 Å². The number of carboxylic acids is 1. The lowest BCUT2D eigenvalue weighted by Gasteiger charge is -2.26. The maximum absolute atomic E-state index is 11.3. The summed E-state index contributed by atoms with van der Waals surface area (Å²) in [6, 6.07) is 0. The van der Waals surface area contributed by atoms with Crippen LogP contribution in [-0.4, -0.2) is 42.4 Å². The average molecular weight is 270 g/mol. The molecular formula is C12H18N2O3S. The molecule has 1 fully saturated rings. The normalized spacial score (nSPS) is 17.8. The molecule has 0 saturated carbocycles. The van der Waals surface area contributed by atoms with Crippen molar-refractivity contribution in [1.29, 1.82) is 0 Å². The number of morpholine rings is 1. The van der Waals surface area contributed by atoms with E-state index in [0.717, 1.165) is 30.3 Å². The van der Waals surface area contributed by atoms with Gasteiger partial charge >= 0.3 is 5.97 Å². The molecule has 1 N–H and O–H groups in total. The Hall–Kier alpha value is -1.14. The maximum Gasteiger partial charge on any atom is 0.347 e. The Kier molecular flexibility index (Phi) is 4.19. The van der Waals surface area contributed by atoms with Crippen LogP contribution in [0, 0.1) is 0 Å². The molecule has 1 aromatic heterocycles. The summed E-state index contributed by atoms with van der Waals surface area (Å²) in [6.45, 7) is 7.00. The summed E-state index contributed by atoms with van der Waals surface area (Å²) in [6.07, 6.45) is 0.895. The van der Waals surface area contributed by atoms with Gasteiger partial charge in [-0.2, -0.15) is 0 Å². The SMILES string of the molecule is CCC(C)c1nc(N2CCOCC2)sc1C(=O)O. The number of ether oxygens (including phenoxy) is 1. The molecule has 1 aliphatic rings. The molecular weight excluding hydrogens is 252 g/mol. The highest BCUT2D eigenvalue weighted by Gasteiger charge is 2.24. The van der Waals surface area contributed by atoms with E-state index < -0.39 is 5.97 Å². The monoisotopic (exact) mass is 270 g/mol. The minimum absolute atomic E-state index is 0.183. The average Bonchev–Trinajstić information content (AvgIpc) is 2.84. The van der Waals surface area contributed by atoms with Gasteiger partial charge in [-0.05, 0) is 12.3 Å². The molecule has 1 aliphatic heterocycles. The van der Waals surface area contributed by atoms with Gasteiger partial charge in [-0.3, -0.25) is 0 Å². The Bertz CT molecular complexity index is 427. The first-order valence-electron chi connectivity index (χ1n) is 6.20. The van der Waals surface area contributed by atoms with E-state index in [1.165, 1.54) is 11.3 Å². The lowest BCUT2D eigenvalue weighted by atomic mass is 10.0. The zero-order valence-electron chi connectivity index (χ0n) is 10.7. The predicted octanol–water partition coefficient (Wildman–Crippen LogP) is 2.19. The van der Waals surface area contributed by atoms with Crippen LogP contribution < -0.4 is 4.90 Å². The van der Waals surface area contributed by atoms with Crippen molar-refractivity contribution in [3.8, 4) is 0 Å². The Balaban J connectivity index is 2.29. The van der Waals surface area contributed by atoms with Crippen LogP contribution >= 0.6 is 11.3 Å². The molecule has 100 valence electrons. The fraction of sp³-hybridized carbons (Fsp3) is 0.667. The number of carbonyl (C=O) groups is 1. The van der Waals surface area contributed by atoms with Gasteiger partial charge in [0.2, 0.25) is 0 Å². The molecule has 6 heteroatoms. The fourth-order valence-electron chi connectivity index (χ4n) is 1.89. The van der Waals surface area contributed by atoms with Crippen LogP contribution in [0.4, 0.5) is 5.13 Å². The second kappa shape index (κ2) is 5.67. The molecule has 18 heavy (non-hydrogen) atoms. The van der Waals surface area contributed by atoms with Crippen LogP contribution in [-0.2, 0) is 4.74 Å². The molecule has 0 aliphatic carbocycles. The van der Waals surface area contributed by atoms with Crippen LogP contribution in [0.3, 0.4) is 0 Å². The summed E-state index contributed by atoms with van der Waals surface area (Å²) >= 11 is 1.28. The van der Waals surface area contributed by atoms with Gasteiger partial charge in [0, 0.05) is 13.1 Å². The van der Waals surface area contributed by atoms with Crippen LogP contribution in [0.25, 0.3) is 0 Å². The summed E-state index contributed by atoms with van der Waals surface area (Å²) in [5, 5.41) is 10.1. The standard InChI is InChI=1S/C12H18N2O3S/c1-3-8(2)9-10(11(15)16)18-12(13-9)14-4-6-17-7-5-14/h8H,3-7H2,1-2H3,(H,15,16). The lowest BCUT2D eigenvalue weighted by molar-refractivity contribution is 0.0700. The van der Waals surface area contributed by atoms with Crippen LogP contribution in [0.15, 0.2) is 0 Å². The highest BCUT2D eigenvalue weighted by Crippen LogP contribution is 2.32. The van der Waals surface area contributed by atoms with Gasteiger partial charge < -0.3 is 14.7 Å². The van der Waals surface area contributed by atoms with Gasteiger partial charge in [-0.25, -0.2) is 9.78 Å². The smallest absolute Gasteiger partial charge is 0.347 e. The molecule has 0 aromatic carbocycles. The topological polar surface area (TPSA) is 62.7 Å². The number of nitrogens with zero attached hydrogens (tertiary/aromatic N) is 2. The molecule has 1 aromatic rings. The largest absolute Gasteiger partial charge is 0.477 e. The molecule has 0 radical (unpaired) electrons. The van der Waals surface area contributed by atoms with Crippen molar-refractivity contribution in [2.75, 3.05) is 31.2 Å². The highest BCUT2D eigenvalue weighted by atomic mass is 32.1. The second-order valence-corrected chi connectivity index (χ2v) is 5.40. The maximum atomic E-state index is 11.3. The number of aromatic nitrogens is 1. The number of thiazole rings is 1. The van der Waals surface area contributed by atoms with Crippen LogP contribution in [0.2, 0.25) is 0 Å². The van der Waals surface area contributed by atoms with E-state index in [9.17, 15) is 9.90 Å². The zero-order valence-corrected chi connectivity index (χ0v) is 11.5. The summed E-state index contributed by atoms with van der Waals surface area (Å²) in [4.78, 5) is 18.3. The summed E-state index contributed by atoms with van der Waals surface area (Å²) in [7, 11) is 0. The third kappa shape index (κ3) is 2.64. The van der Waals surface area contributed by atoms with Gasteiger partial charge in [0.05, 0.1) is 18.9 Å². The highest BCUT2D eigenvalue weighted by molar-refractivity contribution is 7.17. The van der Waals surface area contributed by atoms with Crippen molar-refractivity contribution in [2.24, 2.45) is 0 Å². The number of aromatic carboxylic acids is 1. The van der Waals surface area contributed by atoms with Crippen LogP contribution in [0.5, 0.6) is 0 Å². The lowest BCUT2D eigenvalue weighted by Crippen LogP contribution is -2.36. The third-order valence-corrected chi connectivity index (χ3v) is 4.32. The number of hydrogen-bond donors (Lipinski definition) is 1. The predicted molar refractivity (Wildman–Crippen MR) is 70.8 cm³/mol. The van der Waals surface area contributed by atoms with Gasteiger partial charge in [-0.15, -0.1) is 0 Å². The molecule has 1 saturated heterocycles. The van der Waals surface area contributed by atoms with Crippen molar-refractivity contribution in [3.63, 3.8) is 0 Å². The van der Waals surface area contributed by atoms with E-state index in [0.29, 0.717) is 18.1 Å². The summed E-state index contributed by atoms with van der Waals surface area (Å²) in [5.74, 6) is -0.690. The van der Waals surface area contributed by atoms with E-state index >= 15 is 0 Å². The number of hydrogen-bond acceptors (Lipinski definition) is 5. The molecule has 0 amide bonds. The Morgan fingerprint density at radius 3 is 2.78 bits per heavy atom. The van der Waals surface area contributed by atoms with E-state index in [-0.39, 0.29) is 5.92 Å². The van der Waals surface area contributed by atoms with Crippen molar-refractivity contribution >= 4 is 22.4 Å². The van der Waals surface area contributed by atoms with Crippen molar-refractivity contribution in [3.05, 3.63) is 10.6 Å². The molecule has 0 bridgehead atoms. The summed E-state index contributed by atoms with van der Waals surface area (Å²) < 4.78 is 5.29. The molecule has 2 heterocycles. The van der Waals surface area contributed by atoms with Crippen molar-refractivity contribution in [2.45, 2.75) is 26.2 Å². The Labute approximate surface area is 110 Å². The molecule has 0 spiro atoms. The minimum Gasteiger partial charge on any atom is -0.477 e. The number of anilines is 1. The quantitative estimate of drug-likeness (QED) is 0.908. The van der Waals surface area contributed by atoms with Crippen molar-refractivity contribution < 1.29 is 14.6 Å².